The van der Waals surface area contributed by atoms with Crippen LogP contribution in [0.15, 0.2) is 66.7 Å². The largest absolute Gasteiger partial charge is 0.707 e. The van der Waals surface area contributed by atoms with Crippen LogP contribution in [0.5, 0.6) is 5.75 Å². The molecule has 0 amide bonds. The molecular formula is C18H16BO3P. The molecule has 1 unspecified atom stereocenters. The molecule has 0 spiro atoms. The normalized spacial score (nSPS) is 10.7. The lowest BCUT2D eigenvalue weighted by Crippen LogP contribution is -2.20. The highest BCUT2D eigenvalue weighted by molar-refractivity contribution is 6.92. The Morgan fingerprint density at radius 2 is 1.35 bits per heavy atom. The Labute approximate surface area is 137 Å². The van der Waals surface area contributed by atoms with Crippen LogP contribution in [0.4, 0.5) is 0 Å². The highest BCUT2D eigenvalue weighted by Crippen LogP contribution is 2.35. The van der Waals surface area contributed by atoms with Crippen LogP contribution < -0.4 is 4.65 Å². The molecule has 23 heavy (non-hydrogen) atoms. The zero-order valence-corrected chi connectivity index (χ0v) is 13.9. The molecule has 0 aromatic heterocycles. The van der Waals surface area contributed by atoms with Gasteiger partial charge in [-0.1, -0.05) is 48.5 Å². The first-order chi connectivity index (χ1) is 10.7. The number of rotatable bonds is 2. The Bertz CT molecular complexity index is 1000. The van der Waals surface area contributed by atoms with Crippen molar-refractivity contribution in [3.63, 3.8) is 0 Å². The number of hydrogen-bond donors (Lipinski definition) is 2. The molecule has 4 aromatic rings. The molecule has 0 fully saturated rings. The summed E-state index contributed by atoms with van der Waals surface area (Å²) in [5, 5.41) is 24.6. The van der Waals surface area contributed by atoms with Crippen molar-refractivity contribution in [1.29, 1.82) is 0 Å². The average molecular weight is 322 g/mol. The van der Waals surface area contributed by atoms with Gasteiger partial charge < -0.3 is 14.7 Å². The van der Waals surface area contributed by atoms with Crippen molar-refractivity contribution in [2.45, 2.75) is 0 Å². The van der Waals surface area contributed by atoms with Gasteiger partial charge in [-0.05, 0) is 45.1 Å². The van der Waals surface area contributed by atoms with Crippen molar-refractivity contribution in [2.75, 3.05) is 0 Å². The summed E-state index contributed by atoms with van der Waals surface area (Å²) >= 11 is 0. The van der Waals surface area contributed by atoms with Crippen LogP contribution in [0, 0.1) is 0 Å². The van der Waals surface area contributed by atoms with Gasteiger partial charge >= 0.3 is 7.32 Å². The molecule has 2 N–H and O–H groups in total. The minimum Gasteiger partial charge on any atom is -0.511 e. The van der Waals surface area contributed by atoms with E-state index in [-0.39, 0.29) is 9.90 Å². The zero-order chi connectivity index (χ0) is 15.1. The molecule has 4 rings (SSSR count). The first-order valence-corrected chi connectivity index (χ1v) is 7.09. The minimum absolute atomic E-state index is 0. The number of hydrogen-bond acceptors (Lipinski definition) is 3. The van der Waals surface area contributed by atoms with E-state index >= 15 is 0 Å². The second kappa shape index (κ2) is 6.17. The number of benzene rings is 4. The second-order valence-electron chi connectivity index (χ2n) is 5.28. The Morgan fingerprint density at radius 1 is 0.696 bits per heavy atom. The molecule has 0 aliphatic rings. The van der Waals surface area contributed by atoms with Crippen LogP contribution in [-0.4, -0.2) is 17.4 Å². The summed E-state index contributed by atoms with van der Waals surface area (Å²) < 4.78 is 5.16. The van der Waals surface area contributed by atoms with Crippen molar-refractivity contribution in [3.05, 3.63) is 66.7 Å². The molecule has 1 atom stereocenters. The lowest BCUT2D eigenvalue weighted by molar-refractivity contribution is 0.289. The highest BCUT2D eigenvalue weighted by Gasteiger charge is 2.15. The number of fused-ring (bicyclic) bond motifs is 4. The summed E-state index contributed by atoms with van der Waals surface area (Å²) in [5.41, 5.74) is 0. The first-order valence-electron chi connectivity index (χ1n) is 7.09. The Hall–Kier alpha value is -2.13. The van der Waals surface area contributed by atoms with Crippen LogP contribution in [0.1, 0.15) is 0 Å². The lowest BCUT2D eigenvalue weighted by Gasteiger charge is -2.12. The van der Waals surface area contributed by atoms with Crippen LogP contribution in [0.25, 0.3) is 32.3 Å². The Balaban J connectivity index is 0.00000156. The van der Waals surface area contributed by atoms with Crippen LogP contribution in [0.2, 0.25) is 0 Å². The van der Waals surface area contributed by atoms with Gasteiger partial charge in [-0.2, -0.15) is 9.90 Å². The van der Waals surface area contributed by atoms with E-state index in [1.165, 1.54) is 5.39 Å². The summed E-state index contributed by atoms with van der Waals surface area (Å²) in [6.07, 6.45) is 0. The molecule has 5 heteroatoms. The fourth-order valence-electron chi connectivity index (χ4n) is 2.98. The van der Waals surface area contributed by atoms with E-state index in [0.717, 1.165) is 26.9 Å². The van der Waals surface area contributed by atoms with Crippen molar-refractivity contribution < 1.29 is 14.7 Å². The third kappa shape index (κ3) is 2.77. The molecule has 0 radical (unpaired) electrons. The van der Waals surface area contributed by atoms with E-state index in [1.54, 1.807) is 6.07 Å². The maximum atomic E-state index is 9.14. The van der Waals surface area contributed by atoms with Gasteiger partial charge in [0.1, 0.15) is 5.75 Å². The monoisotopic (exact) mass is 322 g/mol. The van der Waals surface area contributed by atoms with Gasteiger partial charge in [-0.15, -0.1) is 0 Å². The van der Waals surface area contributed by atoms with E-state index < -0.39 is 7.32 Å². The van der Waals surface area contributed by atoms with E-state index in [4.69, 9.17) is 14.7 Å². The summed E-state index contributed by atoms with van der Waals surface area (Å²) in [6.45, 7) is 0. The zero-order valence-electron chi connectivity index (χ0n) is 12.4. The van der Waals surface area contributed by atoms with Crippen LogP contribution in [0.3, 0.4) is 0 Å². The fraction of sp³-hybridized carbons (Fsp3) is 0. The van der Waals surface area contributed by atoms with Gasteiger partial charge in [-0.3, -0.25) is 0 Å². The van der Waals surface area contributed by atoms with E-state index in [9.17, 15) is 0 Å². The van der Waals surface area contributed by atoms with Gasteiger partial charge in [0, 0.05) is 5.39 Å². The van der Waals surface area contributed by atoms with Gasteiger partial charge in [0.2, 0.25) is 0 Å². The summed E-state index contributed by atoms with van der Waals surface area (Å²) in [4.78, 5) is 0. The third-order valence-corrected chi connectivity index (χ3v) is 3.92. The maximum Gasteiger partial charge on any atom is 0.707 e. The smallest absolute Gasteiger partial charge is 0.511 e. The van der Waals surface area contributed by atoms with E-state index in [2.05, 4.69) is 30.3 Å². The van der Waals surface area contributed by atoms with Gasteiger partial charge in [0.15, 0.2) is 0 Å². The van der Waals surface area contributed by atoms with Crippen molar-refractivity contribution in [2.24, 2.45) is 0 Å². The van der Waals surface area contributed by atoms with Gasteiger partial charge in [0.05, 0.1) is 0 Å². The quantitative estimate of drug-likeness (QED) is 0.257. The predicted octanol–water partition coefficient (Wildman–Crippen LogP) is 3.55. The Morgan fingerprint density at radius 3 is 2.09 bits per heavy atom. The highest BCUT2D eigenvalue weighted by atomic mass is 31.0. The molecule has 0 heterocycles. The topological polar surface area (TPSA) is 49.7 Å². The summed E-state index contributed by atoms with van der Waals surface area (Å²) in [5.74, 6) is 0.466. The standard InChI is InChI=1S/C18H13BO3.H3P/c20-19(21)22-17-7-3-6-12-8-9-15-10-13-4-1-2-5-14(13)11-16(15)18(12)17;/h1-11,20-21H;1H3. The van der Waals surface area contributed by atoms with Crippen molar-refractivity contribution >= 4 is 49.5 Å². The molecule has 0 saturated heterocycles. The summed E-state index contributed by atoms with van der Waals surface area (Å²) in [7, 11) is -1.83. The first kappa shape index (κ1) is 15.8. The Kier molecular flexibility index (Phi) is 4.23. The van der Waals surface area contributed by atoms with E-state index in [1.807, 2.05) is 30.3 Å². The molecule has 4 aromatic carbocycles. The molecule has 0 bridgehead atoms. The molecule has 114 valence electrons. The third-order valence-electron chi connectivity index (χ3n) is 3.92. The lowest BCUT2D eigenvalue weighted by atomic mass is 9.97. The molecule has 0 aliphatic carbocycles. The second-order valence-corrected chi connectivity index (χ2v) is 5.28. The van der Waals surface area contributed by atoms with Crippen LogP contribution >= 0.6 is 9.90 Å². The average Bonchev–Trinajstić information content (AvgIpc) is 2.52. The van der Waals surface area contributed by atoms with Gasteiger partial charge in [0.25, 0.3) is 0 Å². The van der Waals surface area contributed by atoms with Crippen LogP contribution in [-0.2, 0) is 0 Å². The van der Waals surface area contributed by atoms with Crippen molar-refractivity contribution in [1.82, 2.24) is 0 Å². The van der Waals surface area contributed by atoms with Gasteiger partial charge in [-0.25, -0.2) is 0 Å². The predicted molar refractivity (Wildman–Crippen MR) is 101 cm³/mol. The van der Waals surface area contributed by atoms with E-state index in [0.29, 0.717) is 5.75 Å². The minimum atomic E-state index is -1.83. The summed E-state index contributed by atoms with van der Waals surface area (Å²) in [6, 6.07) is 22.1. The van der Waals surface area contributed by atoms with Crippen molar-refractivity contribution in [3.8, 4) is 5.75 Å². The fourth-order valence-corrected chi connectivity index (χ4v) is 2.98. The maximum absolute atomic E-state index is 9.14. The SMILES string of the molecule is OB(O)Oc1cccc2ccc3cc4ccccc4cc3c12.P. The molecule has 0 saturated carbocycles. The molecule has 3 nitrogen and oxygen atoms in total. The molecular weight excluding hydrogens is 306 g/mol. The molecule has 0 aliphatic heterocycles.